The molecule has 0 spiro atoms. The average molecular weight is 296 g/mol. The lowest BCUT2D eigenvalue weighted by Crippen LogP contribution is -2.34. The highest BCUT2D eigenvalue weighted by atomic mass is 35.5. The first-order valence-electron chi connectivity index (χ1n) is 6.74. The van der Waals surface area contributed by atoms with Crippen LogP contribution in [0.15, 0.2) is 24.3 Å². The summed E-state index contributed by atoms with van der Waals surface area (Å²) in [6, 6.07) is 7.48. The Morgan fingerprint density at radius 3 is 2.75 bits per heavy atom. The summed E-state index contributed by atoms with van der Waals surface area (Å²) in [5.74, 6) is -1.43. The molecule has 1 fully saturated rings. The molecule has 1 aromatic rings. The quantitative estimate of drug-likeness (QED) is 0.928. The Kier molecular flexibility index (Phi) is 4.65. The third-order valence-electron chi connectivity index (χ3n) is 3.75. The SMILES string of the molecule is CC(Cc1ccccc1Cl)C(=O)N1CCC(C(=O)O)C1. The number of halogens is 1. The highest BCUT2D eigenvalue weighted by Crippen LogP contribution is 2.23. The summed E-state index contributed by atoms with van der Waals surface area (Å²) in [6.07, 6.45) is 1.12. The Bertz CT molecular complexity index is 518. The van der Waals surface area contributed by atoms with E-state index in [9.17, 15) is 9.59 Å². The van der Waals surface area contributed by atoms with Gasteiger partial charge in [-0.25, -0.2) is 0 Å². The second kappa shape index (κ2) is 6.27. The van der Waals surface area contributed by atoms with Crippen molar-refractivity contribution < 1.29 is 14.7 Å². The second-order valence-corrected chi connectivity index (χ2v) is 5.71. The smallest absolute Gasteiger partial charge is 0.308 e. The van der Waals surface area contributed by atoms with Gasteiger partial charge in [0.15, 0.2) is 0 Å². The lowest BCUT2D eigenvalue weighted by Gasteiger charge is -2.21. The van der Waals surface area contributed by atoms with Crippen LogP contribution in [0.5, 0.6) is 0 Å². The minimum atomic E-state index is -0.820. The van der Waals surface area contributed by atoms with E-state index in [1.54, 1.807) is 4.90 Å². The van der Waals surface area contributed by atoms with E-state index in [2.05, 4.69) is 0 Å². The van der Waals surface area contributed by atoms with Gasteiger partial charge in [-0.05, 0) is 24.5 Å². The normalized spacial score (nSPS) is 19.9. The molecule has 2 atom stereocenters. The zero-order chi connectivity index (χ0) is 14.7. The fourth-order valence-electron chi connectivity index (χ4n) is 2.55. The van der Waals surface area contributed by atoms with E-state index >= 15 is 0 Å². The Morgan fingerprint density at radius 1 is 1.45 bits per heavy atom. The van der Waals surface area contributed by atoms with Crippen molar-refractivity contribution in [3.8, 4) is 0 Å². The summed E-state index contributed by atoms with van der Waals surface area (Å²) in [6.45, 7) is 2.71. The largest absolute Gasteiger partial charge is 0.481 e. The molecule has 0 radical (unpaired) electrons. The van der Waals surface area contributed by atoms with E-state index < -0.39 is 11.9 Å². The first-order valence-corrected chi connectivity index (χ1v) is 7.12. The first-order chi connectivity index (χ1) is 9.49. The number of nitrogens with zero attached hydrogens (tertiary/aromatic N) is 1. The molecular weight excluding hydrogens is 278 g/mol. The molecule has 108 valence electrons. The number of hydrogen-bond acceptors (Lipinski definition) is 2. The Hall–Kier alpha value is -1.55. The van der Waals surface area contributed by atoms with Crippen LogP contribution >= 0.6 is 11.6 Å². The number of rotatable bonds is 4. The number of carboxylic acid groups (broad SMARTS) is 1. The molecular formula is C15H18ClNO3. The molecule has 2 rings (SSSR count). The van der Waals surface area contributed by atoms with E-state index in [-0.39, 0.29) is 11.8 Å². The molecule has 0 saturated carbocycles. The number of likely N-dealkylation sites (tertiary alicyclic amines) is 1. The number of carboxylic acids is 1. The van der Waals surface area contributed by atoms with Crippen molar-refractivity contribution in [1.29, 1.82) is 0 Å². The Labute approximate surface area is 123 Å². The van der Waals surface area contributed by atoms with Crippen LogP contribution in [0.3, 0.4) is 0 Å². The van der Waals surface area contributed by atoms with Crippen LogP contribution in [-0.2, 0) is 16.0 Å². The van der Waals surface area contributed by atoms with E-state index in [0.29, 0.717) is 31.0 Å². The van der Waals surface area contributed by atoms with Gasteiger partial charge in [-0.2, -0.15) is 0 Å². The van der Waals surface area contributed by atoms with Crippen LogP contribution in [0.1, 0.15) is 18.9 Å². The molecule has 1 aromatic carbocycles. The molecule has 1 N–H and O–H groups in total. The minimum Gasteiger partial charge on any atom is -0.481 e. The number of carbonyl (C=O) groups excluding carboxylic acids is 1. The zero-order valence-electron chi connectivity index (χ0n) is 11.4. The summed E-state index contributed by atoms with van der Waals surface area (Å²) in [5.41, 5.74) is 0.948. The fraction of sp³-hybridized carbons (Fsp3) is 0.467. The predicted molar refractivity (Wildman–Crippen MR) is 76.6 cm³/mol. The van der Waals surface area contributed by atoms with Gasteiger partial charge in [0, 0.05) is 24.0 Å². The van der Waals surface area contributed by atoms with Crippen molar-refractivity contribution in [3.05, 3.63) is 34.9 Å². The number of benzene rings is 1. The van der Waals surface area contributed by atoms with Crippen molar-refractivity contribution >= 4 is 23.5 Å². The zero-order valence-corrected chi connectivity index (χ0v) is 12.1. The molecule has 0 aliphatic carbocycles. The summed E-state index contributed by atoms with van der Waals surface area (Å²) >= 11 is 6.09. The van der Waals surface area contributed by atoms with Gasteiger partial charge in [0.05, 0.1) is 5.92 Å². The molecule has 1 saturated heterocycles. The number of carbonyl (C=O) groups is 2. The van der Waals surface area contributed by atoms with Crippen molar-refractivity contribution in [1.82, 2.24) is 4.90 Å². The van der Waals surface area contributed by atoms with E-state index in [1.165, 1.54) is 0 Å². The van der Waals surface area contributed by atoms with Gasteiger partial charge >= 0.3 is 5.97 Å². The van der Waals surface area contributed by atoms with Crippen LogP contribution in [0.4, 0.5) is 0 Å². The lowest BCUT2D eigenvalue weighted by atomic mass is 10.00. The van der Waals surface area contributed by atoms with Gasteiger partial charge in [-0.1, -0.05) is 36.7 Å². The minimum absolute atomic E-state index is 0.00803. The molecule has 1 aliphatic rings. The summed E-state index contributed by atoms with van der Waals surface area (Å²) in [5, 5.41) is 9.63. The van der Waals surface area contributed by atoms with Gasteiger partial charge < -0.3 is 10.0 Å². The van der Waals surface area contributed by atoms with Crippen molar-refractivity contribution in [2.75, 3.05) is 13.1 Å². The number of aliphatic carboxylic acids is 1. The molecule has 0 bridgehead atoms. The van der Waals surface area contributed by atoms with Gasteiger partial charge in [0.2, 0.25) is 5.91 Å². The third kappa shape index (κ3) is 3.31. The van der Waals surface area contributed by atoms with E-state index in [4.69, 9.17) is 16.7 Å². The average Bonchev–Trinajstić information content (AvgIpc) is 2.90. The van der Waals surface area contributed by atoms with Gasteiger partial charge in [0.1, 0.15) is 0 Å². The highest BCUT2D eigenvalue weighted by Gasteiger charge is 2.32. The summed E-state index contributed by atoms with van der Waals surface area (Å²) in [4.78, 5) is 24.9. The monoisotopic (exact) mass is 295 g/mol. The standard InChI is InChI=1S/C15H18ClNO3/c1-10(8-11-4-2-3-5-13(11)16)14(18)17-7-6-12(9-17)15(19)20/h2-5,10,12H,6-9H2,1H3,(H,19,20). The molecule has 4 nitrogen and oxygen atoms in total. The van der Waals surface area contributed by atoms with E-state index in [1.807, 2.05) is 31.2 Å². The fourth-order valence-corrected chi connectivity index (χ4v) is 2.77. The lowest BCUT2D eigenvalue weighted by molar-refractivity contribution is -0.141. The molecule has 1 amide bonds. The van der Waals surface area contributed by atoms with E-state index in [0.717, 1.165) is 5.56 Å². The highest BCUT2D eigenvalue weighted by molar-refractivity contribution is 6.31. The maximum absolute atomic E-state index is 12.3. The van der Waals surface area contributed by atoms with Crippen LogP contribution in [0.25, 0.3) is 0 Å². The molecule has 2 unspecified atom stereocenters. The van der Waals surface area contributed by atoms with Crippen molar-refractivity contribution in [2.45, 2.75) is 19.8 Å². The predicted octanol–water partition coefficient (Wildman–Crippen LogP) is 2.45. The summed E-state index contributed by atoms with van der Waals surface area (Å²) in [7, 11) is 0. The third-order valence-corrected chi connectivity index (χ3v) is 4.12. The Balaban J connectivity index is 1.96. The number of hydrogen-bond donors (Lipinski definition) is 1. The molecule has 1 heterocycles. The van der Waals surface area contributed by atoms with Crippen LogP contribution in [-0.4, -0.2) is 35.0 Å². The van der Waals surface area contributed by atoms with Gasteiger partial charge in [0.25, 0.3) is 0 Å². The Morgan fingerprint density at radius 2 is 2.15 bits per heavy atom. The topological polar surface area (TPSA) is 57.6 Å². The summed E-state index contributed by atoms with van der Waals surface area (Å²) < 4.78 is 0. The number of amides is 1. The molecule has 20 heavy (non-hydrogen) atoms. The van der Waals surface area contributed by atoms with Crippen molar-refractivity contribution in [3.63, 3.8) is 0 Å². The molecule has 0 aromatic heterocycles. The molecule has 5 heteroatoms. The van der Waals surface area contributed by atoms with Gasteiger partial charge in [-0.3, -0.25) is 9.59 Å². The van der Waals surface area contributed by atoms with Crippen LogP contribution < -0.4 is 0 Å². The van der Waals surface area contributed by atoms with Crippen LogP contribution in [0, 0.1) is 11.8 Å². The second-order valence-electron chi connectivity index (χ2n) is 5.30. The first kappa shape index (κ1) is 14.9. The maximum atomic E-state index is 12.3. The van der Waals surface area contributed by atoms with Gasteiger partial charge in [-0.15, -0.1) is 0 Å². The van der Waals surface area contributed by atoms with Crippen LogP contribution in [0.2, 0.25) is 5.02 Å². The molecule has 1 aliphatic heterocycles. The maximum Gasteiger partial charge on any atom is 0.308 e. The van der Waals surface area contributed by atoms with Crippen molar-refractivity contribution in [2.24, 2.45) is 11.8 Å².